The topological polar surface area (TPSA) is 71.1 Å². The third kappa shape index (κ3) is 4.76. The minimum atomic E-state index is -0.0284. The number of methoxy groups -OCH3 is 2. The number of amides is 3. The smallest absolute Gasteiger partial charge is 0.324 e. The van der Waals surface area contributed by atoms with Crippen molar-refractivity contribution in [1.29, 1.82) is 0 Å². The van der Waals surface area contributed by atoms with E-state index in [0.717, 1.165) is 42.6 Å². The maximum absolute atomic E-state index is 13.2. The Morgan fingerprint density at radius 3 is 2.26 bits per heavy atom. The van der Waals surface area contributed by atoms with Crippen LogP contribution in [-0.2, 0) is 11.3 Å². The minimum Gasteiger partial charge on any atom is -0.497 e. The fourth-order valence-electron chi connectivity index (χ4n) is 3.99. The molecule has 2 aromatic carbocycles. The van der Waals surface area contributed by atoms with Gasteiger partial charge in [0.05, 0.1) is 14.2 Å². The first-order valence-electron chi connectivity index (χ1n) is 10.8. The first-order valence-corrected chi connectivity index (χ1v) is 10.8. The number of urea groups is 1. The molecule has 1 saturated carbocycles. The van der Waals surface area contributed by atoms with Crippen LogP contribution in [0.2, 0.25) is 0 Å². The predicted molar refractivity (Wildman–Crippen MR) is 120 cm³/mol. The Bertz CT molecular complexity index is 918. The van der Waals surface area contributed by atoms with Crippen LogP contribution >= 0.6 is 0 Å². The van der Waals surface area contributed by atoms with Gasteiger partial charge in [-0.1, -0.05) is 6.42 Å². The van der Waals surface area contributed by atoms with Crippen molar-refractivity contribution in [3.05, 3.63) is 48.0 Å². The number of anilines is 2. The highest BCUT2D eigenvalue weighted by molar-refractivity contribution is 5.95. The summed E-state index contributed by atoms with van der Waals surface area (Å²) >= 11 is 0. The van der Waals surface area contributed by atoms with Gasteiger partial charge in [0.25, 0.3) is 0 Å². The summed E-state index contributed by atoms with van der Waals surface area (Å²) in [5.74, 6) is 1.64. The molecule has 1 aliphatic carbocycles. The van der Waals surface area contributed by atoms with Crippen LogP contribution in [0.15, 0.2) is 42.5 Å². The Kier molecular flexibility index (Phi) is 6.30. The molecule has 164 valence electrons. The molecule has 31 heavy (non-hydrogen) atoms. The van der Waals surface area contributed by atoms with Crippen LogP contribution in [-0.4, -0.2) is 44.1 Å². The lowest BCUT2D eigenvalue weighted by molar-refractivity contribution is -0.122. The highest BCUT2D eigenvalue weighted by Crippen LogP contribution is 2.29. The quantitative estimate of drug-likeness (QED) is 0.722. The van der Waals surface area contributed by atoms with Gasteiger partial charge in [0.1, 0.15) is 11.5 Å². The molecule has 1 heterocycles. The van der Waals surface area contributed by atoms with Crippen molar-refractivity contribution in [2.75, 3.05) is 37.5 Å². The zero-order valence-electron chi connectivity index (χ0n) is 18.1. The molecule has 0 unspecified atom stereocenters. The van der Waals surface area contributed by atoms with E-state index in [1.165, 1.54) is 0 Å². The van der Waals surface area contributed by atoms with Crippen LogP contribution < -0.4 is 19.7 Å². The zero-order chi connectivity index (χ0) is 21.8. The minimum absolute atomic E-state index is 0.0284. The molecule has 0 spiro atoms. The van der Waals surface area contributed by atoms with Crippen LogP contribution in [0.25, 0.3) is 0 Å². The maximum atomic E-state index is 13.2. The van der Waals surface area contributed by atoms with Gasteiger partial charge in [0.15, 0.2) is 0 Å². The van der Waals surface area contributed by atoms with Crippen LogP contribution in [0.5, 0.6) is 11.5 Å². The fraction of sp³-hybridized carbons (Fsp3) is 0.417. The molecule has 0 aromatic heterocycles. The molecule has 1 N–H and O–H groups in total. The van der Waals surface area contributed by atoms with E-state index in [9.17, 15) is 9.59 Å². The lowest BCUT2D eigenvalue weighted by Gasteiger charge is -2.36. The van der Waals surface area contributed by atoms with Crippen molar-refractivity contribution in [3.8, 4) is 11.5 Å². The van der Waals surface area contributed by atoms with E-state index in [2.05, 4.69) is 5.32 Å². The number of hydrogen-bond acceptors (Lipinski definition) is 4. The molecule has 2 aromatic rings. The van der Waals surface area contributed by atoms with Gasteiger partial charge in [-0.15, -0.1) is 0 Å². The summed E-state index contributed by atoms with van der Waals surface area (Å²) in [7, 11) is 3.23. The van der Waals surface area contributed by atoms with E-state index < -0.39 is 0 Å². The number of nitrogens with one attached hydrogen (secondary N) is 1. The first-order chi connectivity index (χ1) is 15.1. The Hall–Kier alpha value is -3.22. The number of ether oxygens (including phenoxy) is 2. The first kappa shape index (κ1) is 21.0. The number of carbonyl (C=O) groups is 2. The van der Waals surface area contributed by atoms with Gasteiger partial charge in [0, 0.05) is 43.0 Å². The van der Waals surface area contributed by atoms with Crippen LogP contribution in [0.3, 0.4) is 0 Å². The lowest BCUT2D eigenvalue weighted by atomic mass is 9.85. The fourth-order valence-corrected chi connectivity index (χ4v) is 3.99. The molecule has 0 bridgehead atoms. The summed E-state index contributed by atoms with van der Waals surface area (Å²) in [5.41, 5.74) is 2.56. The molecule has 1 saturated heterocycles. The second-order valence-electron chi connectivity index (χ2n) is 8.09. The maximum Gasteiger partial charge on any atom is 0.324 e. The van der Waals surface area contributed by atoms with Crippen LogP contribution in [0, 0.1) is 5.92 Å². The van der Waals surface area contributed by atoms with E-state index in [1.54, 1.807) is 19.1 Å². The zero-order valence-corrected chi connectivity index (χ0v) is 18.1. The van der Waals surface area contributed by atoms with Gasteiger partial charge in [-0.25, -0.2) is 4.79 Å². The van der Waals surface area contributed by atoms with Gasteiger partial charge in [0.2, 0.25) is 5.91 Å². The SMILES string of the molecule is COc1cc(CN2CCCN(c3ccc(NC(=O)C4CCC4)cc3)C2=O)cc(OC)c1. The summed E-state index contributed by atoms with van der Waals surface area (Å²) in [6, 6.07) is 13.2. The number of carbonyl (C=O) groups excluding carboxylic acids is 2. The van der Waals surface area contributed by atoms with Crippen molar-refractivity contribution < 1.29 is 19.1 Å². The highest BCUT2D eigenvalue weighted by Gasteiger charge is 2.28. The van der Waals surface area contributed by atoms with E-state index >= 15 is 0 Å². The molecule has 3 amide bonds. The van der Waals surface area contributed by atoms with E-state index in [-0.39, 0.29) is 17.9 Å². The van der Waals surface area contributed by atoms with Crippen LogP contribution in [0.4, 0.5) is 16.2 Å². The third-order valence-corrected chi connectivity index (χ3v) is 6.02. The number of benzene rings is 2. The van der Waals surface area contributed by atoms with Crippen LogP contribution in [0.1, 0.15) is 31.2 Å². The van der Waals surface area contributed by atoms with Gasteiger partial charge >= 0.3 is 6.03 Å². The van der Waals surface area contributed by atoms with Gasteiger partial charge < -0.3 is 19.7 Å². The standard InChI is InChI=1S/C24H29N3O4/c1-30-21-13-17(14-22(15-21)31-2)16-26-11-4-12-27(24(26)29)20-9-7-19(8-10-20)25-23(28)18-5-3-6-18/h7-10,13-15,18H,3-6,11-12,16H2,1-2H3,(H,25,28). The number of hydrogen-bond donors (Lipinski definition) is 1. The molecular weight excluding hydrogens is 394 g/mol. The van der Waals surface area contributed by atoms with Crippen molar-refractivity contribution in [2.45, 2.75) is 32.2 Å². The third-order valence-electron chi connectivity index (χ3n) is 6.02. The Morgan fingerprint density at radius 1 is 1.00 bits per heavy atom. The van der Waals surface area contributed by atoms with Gasteiger partial charge in [-0.05, 0) is 61.2 Å². The summed E-state index contributed by atoms with van der Waals surface area (Å²) in [5, 5.41) is 2.97. The summed E-state index contributed by atoms with van der Waals surface area (Å²) in [6.07, 6.45) is 3.96. The van der Waals surface area contributed by atoms with Crippen molar-refractivity contribution in [1.82, 2.24) is 4.90 Å². The summed E-state index contributed by atoms with van der Waals surface area (Å²) in [4.78, 5) is 28.9. The lowest BCUT2D eigenvalue weighted by Crippen LogP contribution is -2.49. The molecular formula is C24H29N3O4. The van der Waals surface area contributed by atoms with E-state index in [1.807, 2.05) is 47.4 Å². The molecule has 7 nitrogen and oxygen atoms in total. The molecule has 4 rings (SSSR count). The van der Waals surface area contributed by atoms with Crippen molar-refractivity contribution in [3.63, 3.8) is 0 Å². The summed E-state index contributed by atoms with van der Waals surface area (Å²) in [6.45, 7) is 1.85. The predicted octanol–water partition coefficient (Wildman–Crippen LogP) is 4.27. The molecule has 1 aliphatic heterocycles. The number of rotatable bonds is 7. The van der Waals surface area contributed by atoms with E-state index in [4.69, 9.17) is 9.47 Å². The Morgan fingerprint density at radius 2 is 1.68 bits per heavy atom. The molecule has 0 atom stereocenters. The van der Waals surface area contributed by atoms with Crippen molar-refractivity contribution >= 4 is 23.3 Å². The average molecular weight is 424 g/mol. The second-order valence-corrected chi connectivity index (χ2v) is 8.09. The van der Waals surface area contributed by atoms with Crippen molar-refractivity contribution in [2.24, 2.45) is 5.92 Å². The van der Waals surface area contributed by atoms with E-state index in [0.29, 0.717) is 31.1 Å². The van der Waals surface area contributed by atoms with Gasteiger partial charge in [-0.3, -0.25) is 9.69 Å². The monoisotopic (exact) mass is 423 g/mol. The second kappa shape index (κ2) is 9.29. The van der Waals surface area contributed by atoms with Gasteiger partial charge in [-0.2, -0.15) is 0 Å². The summed E-state index contributed by atoms with van der Waals surface area (Å²) < 4.78 is 10.7. The average Bonchev–Trinajstić information content (AvgIpc) is 2.74. The molecule has 2 aliphatic rings. The molecule has 2 fully saturated rings. The Balaban J connectivity index is 1.43. The molecule has 0 radical (unpaired) electrons. The molecule has 7 heteroatoms. The normalized spacial score (nSPS) is 16.6. The largest absolute Gasteiger partial charge is 0.497 e. The Labute approximate surface area is 182 Å². The highest BCUT2D eigenvalue weighted by atomic mass is 16.5. The number of nitrogens with zero attached hydrogens (tertiary/aromatic N) is 2.